The van der Waals surface area contributed by atoms with Crippen LogP contribution >= 0.6 is 0 Å². The van der Waals surface area contributed by atoms with E-state index >= 15 is 0 Å². The first-order chi connectivity index (χ1) is 15.5. The van der Waals surface area contributed by atoms with Gasteiger partial charge >= 0.3 is 5.97 Å². The fourth-order valence-electron chi connectivity index (χ4n) is 3.42. The Morgan fingerprint density at radius 1 is 1.12 bits per heavy atom. The van der Waals surface area contributed by atoms with Crippen molar-refractivity contribution in [3.05, 3.63) is 71.9 Å². The summed E-state index contributed by atoms with van der Waals surface area (Å²) in [6.45, 7) is 2.01. The van der Waals surface area contributed by atoms with Crippen LogP contribution in [0.25, 0.3) is 17.3 Å². The molecule has 1 aliphatic heterocycles. The molecule has 0 aliphatic carbocycles. The number of anilines is 1. The van der Waals surface area contributed by atoms with E-state index in [-0.39, 0.29) is 18.9 Å². The Hall–Kier alpha value is -4.20. The predicted molar refractivity (Wildman–Crippen MR) is 121 cm³/mol. The maximum atomic E-state index is 13.1. The Kier molecular flexibility index (Phi) is 5.85. The normalized spacial score (nSPS) is 14.7. The number of benzene rings is 2. The van der Waals surface area contributed by atoms with Crippen molar-refractivity contribution >= 4 is 29.4 Å². The van der Waals surface area contributed by atoms with Gasteiger partial charge in [0.15, 0.2) is 0 Å². The zero-order chi connectivity index (χ0) is 22.7. The molecule has 32 heavy (non-hydrogen) atoms. The van der Waals surface area contributed by atoms with Crippen LogP contribution < -0.4 is 9.75 Å². The highest BCUT2D eigenvalue weighted by atomic mass is 16.5. The predicted octanol–water partition coefficient (Wildman–Crippen LogP) is 3.84. The molecule has 0 saturated heterocycles. The highest BCUT2D eigenvalue weighted by Gasteiger charge is 2.29. The molecule has 0 bridgehead atoms. The molecule has 162 valence electrons. The summed E-state index contributed by atoms with van der Waals surface area (Å²) >= 11 is 0. The standard InChI is InChI=1S/C24H22N4O4/c1-16-21(24(31)28(25-16)19-6-4-3-5-7-19)14-18-15-27(13-12-22(29)30)26-23(18)17-8-10-20(32-2)11-9-17/h3-11,14-15H,12-13H2,1-2H3,(H,29,30). The van der Waals surface area contributed by atoms with E-state index in [1.807, 2.05) is 54.6 Å². The Morgan fingerprint density at radius 2 is 1.84 bits per heavy atom. The number of aromatic nitrogens is 2. The molecule has 0 spiro atoms. The number of carbonyl (C=O) groups excluding carboxylic acids is 1. The number of carboxylic acids is 1. The Balaban J connectivity index is 1.73. The molecule has 2 aromatic carbocycles. The molecule has 1 amide bonds. The van der Waals surface area contributed by atoms with Gasteiger partial charge in [-0.15, -0.1) is 0 Å². The molecule has 0 radical (unpaired) electrons. The van der Waals surface area contributed by atoms with Crippen molar-refractivity contribution in [1.82, 2.24) is 9.78 Å². The lowest BCUT2D eigenvalue weighted by Gasteiger charge is -2.11. The third kappa shape index (κ3) is 4.29. The number of methoxy groups -OCH3 is 1. The second-order valence-electron chi connectivity index (χ2n) is 7.26. The lowest BCUT2D eigenvalue weighted by molar-refractivity contribution is -0.137. The number of hydrazone groups is 1. The number of nitrogens with zero attached hydrogens (tertiary/aromatic N) is 4. The molecule has 4 rings (SSSR count). The van der Waals surface area contributed by atoms with Crippen LogP contribution in [0, 0.1) is 0 Å². The zero-order valence-corrected chi connectivity index (χ0v) is 17.7. The van der Waals surface area contributed by atoms with Gasteiger partial charge in [0.25, 0.3) is 5.91 Å². The molecule has 0 saturated carbocycles. The molecule has 1 aliphatic rings. The minimum Gasteiger partial charge on any atom is -0.497 e. The van der Waals surface area contributed by atoms with Crippen LogP contribution in [-0.4, -0.2) is 39.6 Å². The number of carbonyl (C=O) groups is 2. The quantitative estimate of drug-likeness (QED) is 0.575. The van der Waals surface area contributed by atoms with Crippen molar-refractivity contribution in [2.24, 2.45) is 5.10 Å². The second-order valence-corrected chi connectivity index (χ2v) is 7.26. The van der Waals surface area contributed by atoms with Gasteiger partial charge in [0.2, 0.25) is 0 Å². The summed E-state index contributed by atoms with van der Waals surface area (Å²) in [5.74, 6) is -0.419. The fourth-order valence-corrected chi connectivity index (χ4v) is 3.42. The molecule has 0 fully saturated rings. The lowest BCUT2D eigenvalue weighted by Crippen LogP contribution is -2.21. The van der Waals surface area contributed by atoms with Gasteiger partial charge in [-0.3, -0.25) is 14.3 Å². The number of hydrogen-bond acceptors (Lipinski definition) is 5. The van der Waals surface area contributed by atoms with Crippen molar-refractivity contribution < 1.29 is 19.4 Å². The smallest absolute Gasteiger partial charge is 0.305 e. The van der Waals surface area contributed by atoms with Crippen LogP contribution in [0.1, 0.15) is 18.9 Å². The summed E-state index contributed by atoms with van der Waals surface area (Å²) in [5, 5.41) is 19.4. The monoisotopic (exact) mass is 430 g/mol. The Bertz CT molecular complexity index is 1210. The summed E-state index contributed by atoms with van der Waals surface area (Å²) in [5.41, 5.74) is 3.91. The van der Waals surface area contributed by atoms with Crippen molar-refractivity contribution in [2.45, 2.75) is 19.9 Å². The summed E-state index contributed by atoms with van der Waals surface area (Å²) in [6.07, 6.45) is 3.45. The van der Waals surface area contributed by atoms with Crippen molar-refractivity contribution in [2.75, 3.05) is 12.1 Å². The average molecular weight is 430 g/mol. The van der Waals surface area contributed by atoms with E-state index in [4.69, 9.17) is 9.84 Å². The average Bonchev–Trinajstić information content (AvgIpc) is 3.34. The number of hydrogen-bond donors (Lipinski definition) is 1. The Labute approximate surface area is 185 Å². The topological polar surface area (TPSA) is 97.0 Å². The number of carboxylic acid groups (broad SMARTS) is 1. The lowest BCUT2D eigenvalue weighted by atomic mass is 10.0. The van der Waals surface area contributed by atoms with Gasteiger partial charge in [0.05, 0.1) is 42.7 Å². The fraction of sp³-hybridized carbons (Fsp3) is 0.167. The minimum absolute atomic E-state index is 0.0546. The highest BCUT2D eigenvalue weighted by Crippen LogP contribution is 2.29. The molecule has 1 aromatic heterocycles. The van der Waals surface area contributed by atoms with E-state index < -0.39 is 5.97 Å². The number of aliphatic carboxylic acids is 1. The third-order valence-electron chi connectivity index (χ3n) is 5.07. The summed E-state index contributed by atoms with van der Waals surface area (Å²) < 4.78 is 6.81. The van der Waals surface area contributed by atoms with Crippen LogP contribution in [0.4, 0.5) is 5.69 Å². The van der Waals surface area contributed by atoms with Crippen LogP contribution in [-0.2, 0) is 16.1 Å². The molecule has 0 unspecified atom stereocenters. The van der Waals surface area contributed by atoms with Crippen molar-refractivity contribution in [3.8, 4) is 17.0 Å². The van der Waals surface area contributed by atoms with Crippen molar-refractivity contribution in [1.29, 1.82) is 0 Å². The van der Waals surface area contributed by atoms with Gasteiger partial charge < -0.3 is 9.84 Å². The second kappa shape index (κ2) is 8.89. The summed E-state index contributed by atoms with van der Waals surface area (Å²) in [4.78, 5) is 24.1. The summed E-state index contributed by atoms with van der Waals surface area (Å²) in [6, 6.07) is 16.6. The highest BCUT2D eigenvalue weighted by molar-refractivity contribution is 6.32. The first kappa shape index (κ1) is 21.0. The largest absolute Gasteiger partial charge is 0.497 e. The third-order valence-corrected chi connectivity index (χ3v) is 5.07. The van der Waals surface area contributed by atoms with Crippen LogP contribution in [0.5, 0.6) is 5.75 Å². The van der Waals surface area contributed by atoms with Gasteiger partial charge in [-0.05, 0) is 49.4 Å². The van der Waals surface area contributed by atoms with E-state index in [2.05, 4.69) is 10.2 Å². The number of aryl methyl sites for hydroxylation is 1. The maximum absolute atomic E-state index is 13.1. The van der Waals surface area contributed by atoms with Gasteiger partial charge in [-0.2, -0.15) is 15.2 Å². The van der Waals surface area contributed by atoms with E-state index in [0.717, 1.165) is 5.56 Å². The van der Waals surface area contributed by atoms with Crippen LogP contribution in [0.2, 0.25) is 0 Å². The molecule has 8 nitrogen and oxygen atoms in total. The van der Waals surface area contributed by atoms with Crippen LogP contribution in [0.3, 0.4) is 0 Å². The van der Waals surface area contributed by atoms with Crippen molar-refractivity contribution in [3.63, 3.8) is 0 Å². The number of rotatable bonds is 7. The van der Waals surface area contributed by atoms with Gasteiger partial charge in [-0.25, -0.2) is 0 Å². The van der Waals surface area contributed by atoms with E-state index in [1.165, 1.54) is 5.01 Å². The number of amides is 1. The van der Waals surface area contributed by atoms with E-state index in [9.17, 15) is 9.59 Å². The molecule has 8 heteroatoms. The molecule has 1 N–H and O–H groups in total. The first-order valence-corrected chi connectivity index (χ1v) is 10.1. The molecular weight excluding hydrogens is 408 g/mol. The zero-order valence-electron chi connectivity index (χ0n) is 17.7. The maximum Gasteiger partial charge on any atom is 0.305 e. The van der Waals surface area contributed by atoms with Gasteiger partial charge in [0, 0.05) is 17.3 Å². The Morgan fingerprint density at radius 3 is 2.50 bits per heavy atom. The molecule has 3 aromatic rings. The van der Waals surface area contributed by atoms with Gasteiger partial charge in [0.1, 0.15) is 5.75 Å². The number of ether oxygens (including phenoxy) is 1. The van der Waals surface area contributed by atoms with Crippen LogP contribution in [0.15, 0.2) is 71.5 Å². The molecule has 2 heterocycles. The SMILES string of the molecule is COc1ccc(-c2nn(CCC(=O)O)cc2C=C2C(=O)N(c3ccccc3)N=C2C)cc1. The van der Waals surface area contributed by atoms with E-state index in [1.54, 1.807) is 31.0 Å². The molecular formula is C24H22N4O4. The minimum atomic E-state index is -0.904. The van der Waals surface area contributed by atoms with Gasteiger partial charge in [-0.1, -0.05) is 18.2 Å². The first-order valence-electron chi connectivity index (χ1n) is 10.1. The molecule has 0 atom stereocenters. The number of para-hydroxylation sites is 1. The summed E-state index contributed by atoms with van der Waals surface area (Å²) in [7, 11) is 1.60. The van der Waals surface area contributed by atoms with E-state index in [0.29, 0.717) is 34.0 Å².